The minimum Gasteiger partial charge on any atom is -0.347 e. The van der Waals surface area contributed by atoms with Crippen LogP contribution < -0.4 is 0 Å². The summed E-state index contributed by atoms with van der Waals surface area (Å²) >= 11 is 0. The summed E-state index contributed by atoms with van der Waals surface area (Å²) in [6.45, 7) is 1.51. The van der Waals surface area contributed by atoms with Crippen molar-refractivity contribution in [3.8, 4) is 0 Å². The van der Waals surface area contributed by atoms with E-state index in [0.717, 1.165) is 38.0 Å². The molecule has 114 valence electrons. The molecule has 0 bridgehead atoms. The molecule has 1 aromatic heterocycles. The standard InChI is InChI=1S/C16H23N3O2/c1-17-9-4-6-14(17)16(21)19-10-8-13-12(11-19)5-3-7-15(20)18(13)2/h4,6,9,12-13H,3,5,7-8,10-11H2,1-2H3/t12-,13-/m1/s1. The number of carbonyl (C=O) groups is 2. The molecule has 1 aromatic rings. The van der Waals surface area contributed by atoms with Crippen LogP contribution >= 0.6 is 0 Å². The topological polar surface area (TPSA) is 45.6 Å². The van der Waals surface area contributed by atoms with E-state index in [1.54, 1.807) is 0 Å². The van der Waals surface area contributed by atoms with E-state index in [0.29, 0.717) is 18.4 Å². The quantitative estimate of drug-likeness (QED) is 0.786. The first-order valence-electron chi connectivity index (χ1n) is 7.74. The van der Waals surface area contributed by atoms with Crippen molar-refractivity contribution < 1.29 is 9.59 Å². The van der Waals surface area contributed by atoms with Gasteiger partial charge in [-0.2, -0.15) is 0 Å². The lowest BCUT2D eigenvalue weighted by Gasteiger charge is -2.41. The zero-order chi connectivity index (χ0) is 15.0. The zero-order valence-corrected chi connectivity index (χ0v) is 12.8. The number of carbonyl (C=O) groups excluding carboxylic acids is 2. The van der Waals surface area contributed by atoms with Gasteiger partial charge in [0.05, 0.1) is 0 Å². The lowest BCUT2D eigenvalue weighted by molar-refractivity contribution is -0.132. The summed E-state index contributed by atoms with van der Waals surface area (Å²) in [6.07, 6.45) is 5.42. The van der Waals surface area contributed by atoms with Gasteiger partial charge in [0.25, 0.3) is 5.91 Å². The number of hydrogen-bond acceptors (Lipinski definition) is 2. The van der Waals surface area contributed by atoms with Crippen molar-refractivity contribution in [3.05, 3.63) is 24.0 Å². The molecule has 21 heavy (non-hydrogen) atoms. The Balaban J connectivity index is 1.74. The van der Waals surface area contributed by atoms with Gasteiger partial charge in [-0.05, 0) is 37.3 Å². The molecule has 0 saturated carbocycles. The van der Waals surface area contributed by atoms with Gasteiger partial charge in [-0.15, -0.1) is 0 Å². The van der Waals surface area contributed by atoms with Crippen molar-refractivity contribution >= 4 is 11.8 Å². The molecule has 0 aliphatic carbocycles. The summed E-state index contributed by atoms with van der Waals surface area (Å²) in [6, 6.07) is 4.08. The fourth-order valence-electron chi connectivity index (χ4n) is 3.72. The molecule has 2 saturated heterocycles. The average Bonchev–Trinajstić information content (AvgIpc) is 2.85. The molecule has 2 aliphatic rings. The molecule has 0 unspecified atom stereocenters. The molecule has 0 radical (unpaired) electrons. The van der Waals surface area contributed by atoms with E-state index in [-0.39, 0.29) is 11.8 Å². The van der Waals surface area contributed by atoms with Gasteiger partial charge in [-0.25, -0.2) is 0 Å². The fourth-order valence-corrected chi connectivity index (χ4v) is 3.72. The van der Waals surface area contributed by atoms with Crippen LogP contribution in [-0.4, -0.2) is 52.4 Å². The predicted octanol–water partition coefficient (Wildman–Crippen LogP) is 1.50. The van der Waals surface area contributed by atoms with Crippen molar-refractivity contribution in [1.82, 2.24) is 14.4 Å². The Labute approximate surface area is 125 Å². The van der Waals surface area contributed by atoms with E-state index >= 15 is 0 Å². The number of nitrogens with zero attached hydrogens (tertiary/aromatic N) is 3. The number of likely N-dealkylation sites (tertiary alicyclic amines) is 2. The Kier molecular flexibility index (Phi) is 3.74. The highest BCUT2D eigenvalue weighted by Crippen LogP contribution is 2.30. The van der Waals surface area contributed by atoms with Crippen LogP contribution in [0.2, 0.25) is 0 Å². The van der Waals surface area contributed by atoms with Crippen LogP contribution in [0.3, 0.4) is 0 Å². The normalized spacial score (nSPS) is 26.5. The summed E-state index contributed by atoms with van der Waals surface area (Å²) in [4.78, 5) is 28.4. The highest BCUT2D eigenvalue weighted by molar-refractivity contribution is 5.92. The molecule has 5 heteroatoms. The number of rotatable bonds is 1. The van der Waals surface area contributed by atoms with Crippen LogP contribution in [0.5, 0.6) is 0 Å². The van der Waals surface area contributed by atoms with E-state index < -0.39 is 0 Å². The minimum atomic E-state index is 0.110. The number of hydrogen-bond donors (Lipinski definition) is 0. The van der Waals surface area contributed by atoms with E-state index in [1.165, 1.54) is 0 Å². The summed E-state index contributed by atoms with van der Waals surface area (Å²) in [7, 11) is 3.82. The van der Waals surface area contributed by atoms with Gasteiger partial charge in [0.1, 0.15) is 5.69 Å². The Morgan fingerprint density at radius 1 is 1.29 bits per heavy atom. The molecule has 3 rings (SSSR count). The Hall–Kier alpha value is -1.78. The molecule has 0 aromatic carbocycles. The molecule has 3 heterocycles. The van der Waals surface area contributed by atoms with Crippen LogP contribution in [0.4, 0.5) is 0 Å². The number of fused-ring (bicyclic) bond motifs is 1. The lowest BCUT2D eigenvalue weighted by Crippen LogP contribution is -2.52. The van der Waals surface area contributed by atoms with Crippen LogP contribution in [-0.2, 0) is 11.8 Å². The average molecular weight is 289 g/mol. The third-order valence-corrected chi connectivity index (χ3v) is 5.00. The number of aryl methyl sites for hydroxylation is 1. The number of aromatic nitrogens is 1. The Morgan fingerprint density at radius 2 is 2.10 bits per heavy atom. The van der Waals surface area contributed by atoms with Gasteiger partial charge in [-0.1, -0.05) is 0 Å². The lowest BCUT2D eigenvalue weighted by atomic mass is 9.88. The van der Waals surface area contributed by atoms with Crippen LogP contribution in [0, 0.1) is 5.92 Å². The second-order valence-corrected chi connectivity index (χ2v) is 6.27. The third-order valence-electron chi connectivity index (χ3n) is 5.00. The zero-order valence-electron chi connectivity index (χ0n) is 12.8. The molecule has 2 aliphatic heterocycles. The van der Waals surface area contributed by atoms with Gasteiger partial charge < -0.3 is 14.4 Å². The minimum absolute atomic E-state index is 0.110. The van der Waals surface area contributed by atoms with Crippen molar-refractivity contribution in [1.29, 1.82) is 0 Å². The highest BCUT2D eigenvalue weighted by Gasteiger charge is 2.37. The second-order valence-electron chi connectivity index (χ2n) is 6.27. The predicted molar refractivity (Wildman–Crippen MR) is 79.8 cm³/mol. The maximum atomic E-state index is 12.6. The SMILES string of the molecule is CN1C(=O)CCC[C@@H]2CN(C(=O)c3cccn3C)CC[C@H]21. The van der Waals surface area contributed by atoms with Crippen LogP contribution in [0.15, 0.2) is 18.3 Å². The van der Waals surface area contributed by atoms with Gasteiger partial charge in [0.2, 0.25) is 5.91 Å². The van der Waals surface area contributed by atoms with Gasteiger partial charge in [0.15, 0.2) is 0 Å². The molecule has 5 nitrogen and oxygen atoms in total. The number of amides is 2. The molecular formula is C16H23N3O2. The first kappa shape index (κ1) is 14.2. The Morgan fingerprint density at radius 3 is 2.81 bits per heavy atom. The molecule has 2 amide bonds. The number of piperidine rings is 1. The fraction of sp³-hybridized carbons (Fsp3) is 0.625. The van der Waals surface area contributed by atoms with E-state index in [9.17, 15) is 9.59 Å². The molecular weight excluding hydrogens is 266 g/mol. The van der Waals surface area contributed by atoms with Crippen molar-refractivity contribution in [3.63, 3.8) is 0 Å². The smallest absolute Gasteiger partial charge is 0.270 e. The second kappa shape index (κ2) is 5.54. The molecule has 0 N–H and O–H groups in total. The highest BCUT2D eigenvalue weighted by atomic mass is 16.2. The molecule has 2 fully saturated rings. The van der Waals surface area contributed by atoms with E-state index in [4.69, 9.17) is 0 Å². The maximum absolute atomic E-state index is 12.6. The largest absolute Gasteiger partial charge is 0.347 e. The molecule has 0 spiro atoms. The summed E-state index contributed by atoms with van der Waals surface area (Å²) in [5.41, 5.74) is 0.742. The Bertz CT molecular complexity index is 551. The molecule has 2 atom stereocenters. The maximum Gasteiger partial charge on any atom is 0.270 e. The first-order chi connectivity index (χ1) is 10.1. The van der Waals surface area contributed by atoms with E-state index in [1.807, 2.05) is 46.8 Å². The van der Waals surface area contributed by atoms with Crippen molar-refractivity contribution in [2.24, 2.45) is 13.0 Å². The summed E-state index contributed by atoms with van der Waals surface area (Å²) in [5, 5.41) is 0. The summed E-state index contributed by atoms with van der Waals surface area (Å²) in [5.74, 6) is 0.781. The van der Waals surface area contributed by atoms with Gasteiger partial charge in [-0.3, -0.25) is 9.59 Å². The first-order valence-corrected chi connectivity index (χ1v) is 7.74. The van der Waals surface area contributed by atoms with Gasteiger partial charge in [0, 0.05) is 45.8 Å². The third kappa shape index (κ3) is 2.57. The monoisotopic (exact) mass is 289 g/mol. The van der Waals surface area contributed by atoms with Crippen LogP contribution in [0.1, 0.15) is 36.2 Å². The van der Waals surface area contributed by atoms with Gasteiger partial charge >= 0.3 is 0 Å². The van der Waals surface area contributed by atoms with Crippen LogP contribution in [0.25, 0.3) is 0 Å². The van der Waals surface area contributed by atoms with E-state index in [2.05, 4.69) is 0 Å². The van der Waals surface area contributed by atoms with Crippen molar-refractivity contribution in [2.75, 3.05) is 20.1 Å². The van der Waals surface area contributed by atoms with Crippen molar-refractivity contribution in [2.45, 2.75) is 31.7 Å². The summed E-state index contributed by atoms with van der Waals surface area (Å²) < 4.78 is 1.87.